The quantitative estimate of drug-likeness (QED) is 0.450. The summed E-state index contributed by atoms with van der Waals surface area (Å²) in [7, 11) is 1.51. The second kappa shape index (κ2) is 9.10. The number of carbonyl (C=O) groups is 1. The lowest BCUT2D eigenvalue weighted by atomic mass is 10.1. The predicted octanol–water partition coefficient (Wildman–Crippen LogP) is 4.42. The second-order valence-electron chi connectivity index (χ2n) is 7.16. The topological polar surface area (TPSA) is 76.4 Å². The van der Waals surface area contributed by atoms with Crippen molar-refractivity contribution in [1.29, 1.82) is 0 Å². The van der Waals surface area contributed by atoms with Gasteiger partial charge in [-0.05, 0) is 47.9 Å². The van der Waals surface area contributed by atoms with E-state index in [4.69, 9.17) is 16.3 Å². The molecule has 4 aromatic rings. The van der Waals surface area contributed by atoms with Crippen LogP contribution in [0.1, 0.15) is 21.6 Å². The SMILES string of the molecule is COc1ccc(CCNC(=O)c2nn(Cc3ccc(Cl)cc3)c3ccccc23)cc1O. The summed E-state index contributed by atoms with van der Waals surface area (Å²) >= 11 is 5.98. The highest BCUT2D eigenvalue weighted by Crippen LogP contribution is 2.26. The number of amides is 1. The van der Waals surface area contributed by atoms with E-state index >= 15 is 0 Å². The first-order valence-electron chi connectivity index (χ1n) is 9.89. The average Bonchev–Trinajstić information content (AvgIpc) is 3.14. The van der Waals surface area contributed by atoms with Crippen molar-refractivity contribution < 1.29 is 14.6 Å². The predicted molar refractivity (Wildman–Crippen MR) is 121 cm³/mol. The number of rotatable bonds is 7. The highest BCUT2D eigenvalue weighted by Gasteiger charge is 2.17. The highest BCUT2D eigenvalue weighted by atomic mass is 35.5. The fraction of sp³-hybridized carbons (Fsp3) is 0.167. The van der Waals surface area contributed by atoms with E-state index in [1.807, 2.05) is 59.3 Å². The number of methoxy groups -OCH3 is 1. The van der Waals surface area contributed by atoms with E-state index in [0.29, 0.717) is 36.0 Å². The fourth-order valence-electron chi connectivity index (χ4n) is 3.47. The molecule has 4 rings (SSSR count). The molecular formula is C24H22ClN3O3. The maximum absolute atomic E-state index is 12.9. The second-order valence-corrected chi connectivity index (χ2v) is 7.60. The first kappa shape index (κ1) is 20.8. The number of phenols is 1. The molecule has 0 spiro atoms. The molecule has 0 aliphatic heterocycles. The van der Waals surface area contributed by atoms with Crippen LogP contribution in [0.5, 0.6) is 11.5 Å². The van der Waals surface area contributed by atoms with Gasteiger partial charge in [-0.1, -0.05) is 48.0 Å². The van der Waals surface area contributed by atoms with Crippen LogP contribution in [0.15, 0.2) is 66.7 Å². The van der Waals surface area contributed by atoms with Gasteiger partial charge in [-0.2, -0.15) is 5.10 Å². The molecule has 1 aromatic heterocycles. The first-order chi connectivity index (χ1) is 15.0. The lowest BCUT2D eigenvalue weighted by Gasteiger charge is -2.07. The van der Waals surface area contributed by atoms with Gasteiger partial charge >= 0.3 is 0 Å². The Morgan fingerprint density at radius 2 is 1.84 bits per heavy atom. The number of aromatic nitrogens is 2. The van der Waals surface area contributed by atoms with Crippen LogP contribution in [0, 0.1) is 0 Å². The van der Waals surface area contributed by atoms with Gasteiger partial charge in [-0.3, -0.25) is 9.48 Å². The van der Waals surface area contributed by atoms with Crippen LogP contribution in [0.4, 0.5) is 0 Å². The summed E-state index contributed by atoms with van der Waals surface area (Å²) < 4.78 is 6.88. The van der Waals surface area contributed by atoms with E-state index in [1.165, 1.54) is 7.11 Å². The Hall–Kier alpha value is -3.51. The van der Waals surface area contributed by atoms with Crippen molar-refractivity contribution in [2.45, 2.75) is 13.0 Å². The molecule has 0 saturated heterocycles. The number of ether oxygens (including phenoxy) is 1. The third kappa shape index (κ3) is 4.64. The molecule has 1 heterocycles. The van der Waals surface area contributed by atoms with Crippen LogP contribution in [0.2, 0.25) is 5.02 Å². The molecule has 0 atom stereocenters. The number of nitrogens with zero attached hydrogens (tertiary/aromatic N) is 2. The highest BCUT2D eigenvalue weighted by molar-refractivity contribution is 6.30. The molecule has 0 unspecified atom stereocenters. The monoisotopic (exact) mass is 435 g/mol. The molecule has 0 radical (unpaired) electrons. The standard InChI is InChI=1S/C24H22ClN3O3/c1-31-22-11-8-16(14-21(22)29)12-13-26-24(30)23-19-4-2-3-5-20(19)28(27-23)15-17-6-9-18(25)10-7-17/h2-11,14,29H,12-13,15H2,1H3,(H,26,30). The van der Waals surface area contributed by atoms with Gasteiger partial charge in [0, 0.05) is 17.0 Å². The van der Waals surface area contributed by atoms with Crippen molar-refractivity contribution in [1.82, 2.24) is 15.1 Å². The van der Waals surface area contributed by atoms with Gasteiger partial charge in [-0.25, -0.2) is 0 Å². The summed E-state index contributed by atoms with van der Waals surface area (Å²) in [5.41, 5.74) is 3.23. The summed E-state index contributed by atoms with van der Waals surface area (Å²) in [5.74, 6) is 0.271. The van der Waals surface area contributed by atoms with Gasteiger partial charge in [0.1, 0.15) is 0 Å². The van der Waals surface area contributed by atoms with E-state index in [0.717, 1.165) is 22.0 Å². The number of halogens is 1. The van der Waals surface area contributed by atoms with Crippen molar-refractivity contribution >= 4 is 28.4 Å². The third-order valence-corrected chi connectivity index (χ3v) is 5.31. The van der Waals surface area contributed by atoms with E-state index < -0.39 is 0 Å². The Labute approximate surface area is 185 Å². The largest absolute Gasteiger partial charge is 0.504 e. The van der Waals surface area contributed by atoms with Gasteiger partial charge in [0.2, 0.25) is 0 Å². The number of nitrogens with one attached hydrogen (secondary N) is 1. The lowest BCUT2D eigenvalue weighted by Crippen LogP contribution is -2.26. The van der Waals surface area contributed by atoms with Crippen molar-refractivity contribution in [3.05, 3.63) is 88.6 Å². The van der Waals surface area contributed by atoms with E-state index in [-0.39, 0.29) is 11.7 Å². The van der Waals surface area contributed by atoms with E-state index in [9.17, 15) is 9.90 Å². The maximum Gasteiger partial charge on any atom is 0.272 e. The third-order valence-electron chi connectivity index (χ3n) is 5.06. The van der Waals surface area contributed by atoms with Crippen molar-refractivity contribution in [3.63, 3.8) is 0 Å². The summed E-state index contributed by atoms with van der Waals surface area (Å²) in [6.07, 6.45) is 0.576. The Bertz CT molecular complexity index is 1220. The Kier molecular flexibility index (Phi) is 6.09. The first-order valence-corrected chi connectivity index (χ1v) is 10.3. The summed E-state index contributed by atoms with van der Waals surface area (Å²) in [6, 6.07) is 20.5. The molecule has 2 N–H and O–H groups in total. The molecule has 7 heteroatoms. The molecule has 31 heavy (non-hydrogen) atoms. The molecule has 0 saturated carbocycles. The Morgan fingerprint density at radius 1 is 1.10 bits per heavy atom. The number of aromatic hydroxyl groups is 1. The summed E-state index contributed by atoms with van der Waals surface area (Å²) in [4.78, 5) is 12.9. The smallest absolute Gasteiger partial charge is 0.272 e. The van der Waals surface area contributed by atoms with E-state index in [1.54, 1.807) is 12.1 Å². The number of phenolic OH excluding ortho intramolecular Hbond substituents is 1. The molecule has 158 valence electrons. The van der Waals surface area contributed by atoms with Crippen molar-refractivity contribution in [2.24, 2.45) is 0 Å². The number of hydrogen-bond donors (Lipinski definition) is 2. The number of carbonyl (C=O) groups excluding carboxylic acids is 1. The van der Waals surface area contributed by atoms with Gasteiger partial charge < -0.3 is 15.2 Å². The number of hydrogen-bond acceptors (Lipinski definition) is 4. The minimum Gasteiger partial charge on any atom is -0.504 e. The minimum atomic E-state index is -0.233. The molecule has 1 amide bonds. The van der Waals surface area contributed by atoms with Crippen LogP contribution in [-0.2, 0) is 13.0 Å². The Morgan fingerprint density at radius 3 is 2.58 bits per heavy atom. The summed E-state index contributed by atoms with van der Waals surface area (Å²) in [5, 5.41) is 18.9. The number of para-hydroxylation sites is 1. The number of fused-ring (bicyclic) bond motifs is 1. The zero-order chi connectivity index (χ0) is 21.8. The van der Waals surface area contributed by atoms with Crippen molar-refractivity contribution in [2.75, 3.05) is 13.7 Å². The Balaban J connectivity index is 1.49. The van der Waals surface area contributed by atoms with Crippen LogP contribution in [-0.4, -0.2) is 34.4 Å². The molecule has 6 nitrogen and oxygen atoms in total. The van der Waals surface area contributed by atoms with Crippen LogP contribution in [0.25, 0.3) is 10.9 Å². The van der Waals surface area contributed by atoms with Crippen molar-refractivity contribution in [3.8, 4) is 11.5 Å². The molecule has 0 bridgehead atoms. The molecule has 0 aliphatic carbocycles. The minimum absolute atomic E-state index is 0.0817. The zero-order valence-electron chi connectivity index (χ0n) is 17.0. The average molecular weight is 436 g/mol. The van der Waals surface area contributed by atoms with Crippen LogP contribution >= 0.6 is 11.6 Å². The van der Waals surface area contributed by atoms with Gasteiger partial charge in [-0.15, -0.1) is 0 Å². The van der Waals surface area contributed by atoms with Gasteiger partial charge in [0.05, 0.1) is 19.2 Å². The molecule has 0 aliphatic rings. The van der Waals surface area contributed by atoms with Gasteiger partial charge in [0.25, 0.3) is 5.91 Å². The normalized spacial score (nSPS) is 10.9. The lowest BCUT2D eigenvalue weighted by molar-refractivity contribution is 0.0950. The van der Waals surface area contributed by atoms with Crippen LogP contribution < -0.4 is 10.1 Å². The summed E-state index contributed by atoms with van der Waals surface area (Å²) in [6.45, 7) is 0.957. The molecule has 3 aromatic carbocycles. The van der Waals surface area contributed by atoms with Gasteiger partial charge in [0.15, 0.2) is 17.2 Å². The number of benzene rings is 3. The van der Waals surface area contributed by atoms with E-state index in [2.05, 4.69) is 10.4 Å². The molecule has 0 fully saturated rings. The van der Waals surface area contributed by atoms with Crippen LogP contribution in [0.3, 0.4) is 0 Å². The maximum atomic E-state index is 12.9. The fourth-order valence-corrected chi connectivity index (χ4v) is 3.60. The molecular weight excluding hydrogens is 414 g/mol. The zero-order valence-corrected chi connectivity index (χ0v) is 17.8.